The molecule has 0 amide bonds. The molecule has 1 unspecified atom stereocenters. The molecule has 1 fully saturated rings. The van der Waals surface area contributed by atoms with Gasteiger partial charge in [0.25, 0.3) is 0 Å². The number of thiophene rings is 1. The van der Waals surface area contributed by atoms with Crippen LogP contribution in [0.5, 0.6) is 0 Å². The maximum Gasteiger partial charge on any atom is 0.0590 e. The topological polar surface area (TPSA) is 38.5 Å². The average molecular weight is 275 g/mol. The number of hydrogen-bond acceptors (Lipinski definition) is 4. The van der Waals surface area contributed by atoms with E-state index in [4.69, 9.17) is 22.1 Å². The van der Waals surface area contributed by atoms with Gasteiger partial charge in [-0.05, 0) is 18.9 Å². The summed E-state index contributed by atoms with van der Waals surface area (Å²) in [5, 5.41) is 2.78. The van der Waals surface area contributed by atoms with Gasteiger partial charge in [-0.25, -0.2) is 0 Å². The van der Waals surface area contributed by atoms with Gasteiger partial charge < -0.3 is 10.5 Å². The Morgan fingerprint density at radius 2 is 2.41 bits per heavy atom. The molecule has 5 heteroatoms. The first-order valence-corrected chi connectivity index (χ1v) is 7.20. The maximum atomic E-state index is 5.99. The van der Waals surface area contributed by atoms with Crippen molar-refractivity contribution < 1.29 is 4.74 Å². The van der Waals surface area contributed by atoms with Gasteiger partial charge in [-0.3, -0.25) is 4.90 Å². The Morgan fingerprint density at radius 3 is 2.88 bits per heavy atom. The van der Waals surface area contributed by atoms with Crippen molar-refractivity contribution in [3.05, 3.63) is 21.3 Å². The summed E-state index contributed by atoms with van der Waals surface area (Å²) in [6, 6.07) is 3.00. The van der Waals surface area contributed by atoms with E-state index < -0.39 is 0 Å². The molecular weight excluding hydrogens is 256 g/mol. The molecule has 2 rings (SSSR count). The summed E-state index contributed by atoms with van der Waals surface area (Å²) in [5.41, 5.74) is 5.93. The Labute approximate surface area is 112 Å². The molecule has 0 radical (unpaired) electrons. The second kappa shape index (κ2) is 6.16. The minimum atomic E-state index is 0.287. The number of rotatable bonds is 7. The second-order valence-corrected chi connectivity index (χ2v) is 5.76. The lowest BCUT2D eigenvalue weighted by Crippen LogP contribution is -2.37. The van der Waals surface area contributed by atoms with Crippen LogP contribution in [0.25, 0.3) is 0 Å². The fraction of sp³-hybridized carbons (Fsp3) is 0.667. The maximum absolute atomic E-state index is 5.99. The summed E-state index contributed by atoms with van der Waals surface area (Å²) in [4.78, 5) is 3.73. The van der Waals surface area contributed by atoms with Gasteiger partial charge in [0.2, 0.25) is 0 Å². The van der Waals surface area contributed by atoms with Crippen molar-refractivity contribution in [2.45, 2.75) is 24.9 Å². The largest absolute Gasteiger partial charge is 0.383 e. The molecule has 1 aromatic heterocycles. The van der Waals surface area contributed by atoms with Crippen LogP contribution in [0.15, 0.2) is 11.4 Å². The van der Waals surface area contributed by atoms with E-state index in [9.17, 15) is 0 Å². The molecule has 0 bridgehead atoms. The average Bonchev–Trinajstić information content (AvgIpc) is 3.08. The van der Waals surface area contributed by atoms with Crippen molar-refractivity contribution in [2.75, 3.05) is 26.8 Å². The summed E-state index contributed by atoms with van der Waals surface area (Å²) in [6.07, 6.45) is 2.55. The third-order valence-electron chi connectivity index (χ3n) is 3.11. The number of methoxy groups -OCH3 is 1. The van der Waals surface area contributed by atoms with E-state index in [1.165, 1.54) is 17.7 Å². The lowest BCUT2D eigenvalue weighted by atomic mass is 10.2. The van der Waals surface area contributed by atoms with Gasteiger partial charge in [-0.15, -0.1) is 11.3 Å². The van der Waals surface area contributed by atoms with Gasteiger partial charge in [0.15, 0.2) is 0 Å². The van der Waals surface area contributed by atoms with Crippen molar-refractivity contribution >= 4 is 22.9 Å². The van der Waals surface area contributed by atoms with E-state index >= 15 is 0 Å². The van der Waals surface area contributed by atoms with Gasteiger partial charge in [-0.2, -0.15) is 0 Å². The standard InChI is InChI=1S/C12H19ClN2OS/c1-16-5-4-15(10-2-3-10)11(7-14)12-6-9(13)8-17-12/h6,8,10-11H,2-5,7,14H2,1H3. The third-order valence-corrected chi connectivity index (χ3v) is 4.49. The molecule has 1 aliphatic rings. The zero-order chi connectivity index (χ0) is 12.3. The minimum Gasteiger partial charge on any atom is -0.383 e. The fourth-order valence-corrected chi connectivity index (χ4v) is 3.33. The zero-order valence-corrected chi connectivity index (χ0v) is 11.6. The van der Waals surface area contributed by atoms with Crippen LogP contribution in [-0.4, -0.2) is 37.7 Å². The van der Waals surface area contributed by atoms with Crippen molar-refractivity contribution in [2.24, 2.45) is 5.73 Å². The predicted octanol–water partition coefficient (Wildman–Crippen LogP) is 2.51. The molecule has 0 aliphatic heterocycles. The van der Waals surface area contributed by atoms with Crippen LogP contribution in [0.2, 0.25) is 5.02 Å². The first kappa shape index (κ1) is 13.3. The van der Waals surface area contributed by atoms with Crippen molar-refractivity contribution in [3.8, 4) is 0 Å². The van der Waals surface area contributed by atoms with E-state index in [0.717, 1.165) is 18.2 Å². The summed E-state index contributed by atoms with van der Waals surface area (Å²) < 4.78 is 5.18. The van der Waals surface area contributed by atoms with Crippen LogP contribution >= 0.6 is 22.9 Å². The van der Waals surface area contributed by atoms with Gasteiger partial charge in [0.1, 0.15) is 0 Å². The molecule has 1 aromatic rings. The molecule has 3 nitrogen and oxygen atoms in total. The van der Waals surface area contributed by atoms with Gasteiger partial charge in [0, 0.05) is 36.5 Å². The van der Waals surface area contributed by atoms with Crippen LogP contribution in [0.1, 0.15) is 23.8 Å². The number of nitrogens with two attached hydrogens (primary N) is 1. The molecule has 0 aromatic carbocycles. The van der Waals surface area contributed by atoms with Crippen molar-refractivity contribution in [1.29, 1.82) is 0 Å². The van der Waals surface area contributed by atoms with Crippen LogP contribution in [0.3, 0.4) is 0 Å². The zero-order valence-electron chi connectivity index (χ0n) is 10.1. The van der Waals surface area contributed by atoms with Crippen LogP contribution in [0.4, 0.5) is 0 Å². The summed E-state index contributed by atoms with van der Waals surface area (Å²) in [5.74, 6) is 0. The summed E-state index contributed by atoms with van der Waals surface area (Å²) in [6.45, 7) is 2.34. The number of nitrogens with zero attached hydrogens (tertiary/aromatic N) is 1. The number of halogens is 1. The lowest BCUT2D eigenvalue weighted by Gasteiger charge is -2.30. The quantitative estimate of drug-likeness (QED) is 0.830. The second-order valence-electron chi connectivity index (χ2n) is 4.38. The van der Waals surface area contributed by atoms with E-state index in [1.54, 1.807) is 18.4 Å². The molecule has 1 aliphatic carbocycles. The Morgan fingerprint density at radius 1 is 1.65 bits per heavy atom. The lowest BCUT2D eigenvalue weighted by molar-refractivity contribution is 0.117. The SMILES string of the molecule is COCCN(C1CC1)C(CN)c1cc(Cl)cs1. The number of ether oxygens (including phenoxy) is 1. The van der Waals surface area contributed by atoms with Crippen molar-refractivity contribution in [3.63, 3.8) is 0 Å². The molecular formula is C12H19ClN2OS. The number of hydrogen-bond donors (Lipinski definition) is 1. The van der Waals surface area contributed by atoms with Gasteiger partial charge >= 0.3 is 0 Å². The molecule has 0 spiro atoms. The van der Waals surface area contributed by atoms with E-state index in [-0.39, 0.29) is 6.04 Å². The first-order valence-electron chi connectivity index (χ1n) is 5.95. The van der Waals surface area contributed by atoms with E-state index in [1.807, 2.05) is 11.4 Å². The summed E-state index contributed by atoms with van der Waals surface area (Å²) >= 11 is 7.69. The van der Waals surface area contributed by atoms with Crippen LogP contribution in [0, 0.1) is 0 Å². The third kappa shape index (κ3) is 3.42. The molecule has 2 N–H and O–H groups in total. The minimum absolute atomic E-state index is 0.287. The highest BCUT2D eigenvalue weighted by atomic mass is 35.5. The summed E-state index contributed by atoms with van der Waals surface area (Å²) in [7, 11) is 1.74. The Kier molecular flexibility index (Phi) is 4.82. The highest BCUT2D eigenvalue weighted by molar-refractivity contribution is 7.10. The molecule has 96 valence electrons. The molecule has 1 atom stereocenters. The molecule has 1 heterocycles. The Hall–Kier alpha value is -0.130. The first-order chi connectivity index (χ1) is 8.26. The van der Waals surface area contributed by atoms with E-state index in [2.05, 4.69) is 4.90 Å². The van der Waals surface area contributed by atoms with Crippen LogP contribution in [-0.2, 0) is 4.74 Å². The monoisotopic (exact) mass is 274 g/mol. The predicted molar refractivity (Wildman–Crippen MR) is 72.7 cm³/mol. The normalized spacial score (nSPS) is 17.6. The van der Waals surface area contributed by atoms with Crippen molar-refractivity contribution in [1.82, 2.24) is 4.90 Å². The molecule has 17 heavy (non-hydrogen) atoms. The highest BCUT2D eigenvalue weighted by Gasteiger charge is 2.34. The molecule has 0 saturated heterocycles. The van der Waals surface area contributed by atoms with Gasteiger partial charge in [0.05, 0.1) is 17.7 Å². The van der Waals surface area contributed by atoms with Gasteiger partial charge in [-0.1, -0.05) is 11.6 Å². The Bertz CT molecular complexity index is 354. The fourth-order valence-electron chi connectivity index (χ4n) is 2.11. The smallest absolute Gasteiger partial charge is 0.0590 e. The molecule has 1 saturated carbocycles. The Balaban J connectivity index is 2.08. The van der Waals surface area contributed by atoms with Crippen LogP contribution < -0.4 is 5.73 Å². The van der Waals surface area contributed by atoms with E-state index in [0.29, 0.717) is 12.6 Å². The highest BCUT2D eigenvalue weighted by Crippen LogP contribution is 2.36.